The minimum Gasteiger partial charge on any atom is -0.396 e. The summed E-state index contributed by atoms with van der Waals surface area (Å²) in [4.78, 5) is 0. The standard InChI is InChI=1S/C24H40O4/c1-21-9-6-17(26)14-24(21,28)16-5-4-15-13-23(27,8-3-11-25)22(2)10-7-19(21)18(12-16)20(15)22/h15-20,25-28H,3-14H2,1-2H3/t15-,16+,17+,18?,19+,20?,21-,22+,23+,24-/m1/s1. The van der Waals surface area contributed by atoms with Crippen LogP contribution in [0.3, 0.4) is 0 Å². The van der Waals surface area contributed by atoms with Gasteiger partial charge in [0.05, 0.1) is 17.3 Å². The fraction of sp³-hybridized carbons (Fsp3) is 1.00. The molecule has 0 aromatic carbocycles. The third-order valence-corrected chi connectivity index (χ3v) is 11.1. The summed E-state index contributed by atoms with van der Waals surface area (Å²) in [5.74, 6) is 2.50. The molecule has 0 aliphatic heterocycles. The lowest BCUT2D eigenvalue weighted by Gasteiger charge is -2.66. The average molecular weight is 393 g/mol. The summed E-state index contributed by atoms with van der Waals surface area (Å²) in [5.41, 5.74) is -1.50. The second-order valence-electron chi connectivity index (χ2n) is 11.8. The van der Waals surface area contributed by atoms with Crippen LogP contribution in [0.1, 0.15) is 84.5 Å². The van der Waals surface area contributed by atoms with Gasteiger partial charge in [0, 0.05) is 13.0 Å². The number of hydrogen-bond donors (Lipinski definition) is 4. The zero-order valence-corrected chi connectivity index (χ0v) is 17.7. The summed E-state index contributed by atoms with van der Waals surface area (Å²) in [7, 11) is 0. The number of hydrogen-bond acceptors (Lipinski definition) is 4. The van der Waals surface area contributed by atoms with E-state index in [0.717, 1.165) is 57.8 Å². The van der Waals surface area contributed by atoms with E-state index in [4.69, 9.17) is 0 Å². The molecule has 5 rings (SSSR count). The molecule has 160 valence electrons. The molecule has 0 heterocycles. The van der Waals surface area contributed by atoms with Crippen LogP contribution < -0.4 is 0 Å². The summed E-state index contributed by atoms with van der Waals surface area (Å²) in [6.45, 7) is 4.84. The fourth-order valence-corrected chi connectivity index (χ4v) is 9.72. The Bertz CT molecular complexity index is 638. The highest BCUT2D eigenvalue weighted by Gasteiger charge is 2.71. The Hall–Kier alpha value is -0.160. The highest BCUT2D eigenvalue weighted by Crippen LogP contribution is 2.73. The highest BCUT2D eigenvalue weighted by molar-refractivity contribution is 5.21. The average Bonchev–Trinajstić information content (AvgIpc) is 2.77. The molecule has 28 heavy (non-hydrogen) atoms. The Balaban J connectivity index is 1.55. The van der Waals surface area contributed by atoms with E-state index in [1.165, 1.54) is 0 Å². The first-order valence-electron chi connectivity index (χ1n) is 11.9. The van der Waals surface area contributed by atoms with Crippen LogP contribution in [0.2, 0.25) is 0 Å². The minimum atomic E-state index is -0.717. The van der Waals surface area contributed by atoms with Crippen LogP contribution >= 0.6 is 0 Å². The second-order valence-corrected chi connectivity index (χ2v) is 11.8. The number of aliphatic hydroxyl groups is 4. The van der Waals surface area contributed by atoms with E-state index >= 15 is 0 Å². The van der Waals surface area contributed by atoms with Crippen LogP contribution in [-0.4, -0.2) is 44.3 Å². The van der Waals surface area contributed by atoms with Crippen molar-refractivity contribution in [2.24, 2.45) is 40.4 Å². The van der Waals surface area contributed by atoms with E-state index in [1.807, 2.05) is 0 Å². The minimum absolute atomic E-state index is 0.0527. The fourth-order valence-electron chi connectivity index (χ4n) is 9.72. The van der Waals surface area contributed by atoms with Gasteiger partial charge in [-0.2, -0.15) is 0 Å². The number of fused-ring (bicyclic) bond motifs is 4. The van der Waals surface area contributed by atoms with Crippen molar-refractivity contribution in [1.29, 1.82) is 0 Å². The summed E-state index contributed by atoms with van der Waals surface area (Å²) >= 11 is 0. The molecule has 4 heteroatoms. The third-order valence-electron chi connectivity index (χ3n) is 11.1. The molecule has 5 aliphatic carbocycles. The van der Waals surface area contributed by atoms with Gasteiger partial charge < -0.3 is 20.4 Å². The molecule has 5 saturated carbocycles. The summed E-state index contributed by atoms with van der Waals surface area (Å²) < 4.78 is 0. The molecule has 5 fully saturated rings. The van der Waals surface area contributed by atoms with Crippen molar-refractivity contribution in [3.8, 4) is 0 Å². The van der Waals surface area contributed by atoms with Crippen LogP contribution in [0.4, 0.5) is 0 Å². The zero-order valence-electron chi connectivity index (χ0n) is 17.7. The summed E-state index contributed by atoms with van der Waals surface area (Å²) in [5, 5.41) is 43.6. The molecule has 2 unspecified atom stereocenters. The molecule has 0 radical (unpaired) electrons. The lowest BCUT2D eigenvalue weighted by Crippen LogP contribution is -2.66. The Morgan fingerprint density at radius 3 is 2.43 bits per heavy atom. The van der Waals surface area contributed by atoms with Gasteiger partial charge in [0.15, 0.2) is 0 Å². The Kier molecular flexibility index (Phi) is 4.37. The van der Waals surface area contributed by atoms with Crippen LogP contribution in [0.5, 0.6) is 0 Å². The quantitative estimate of drug-likeness (QED) is 0.594. The molecule has 2 bridgehead atoms. The van der Waals surface area contributed by atoms with Gasteiger partial charge in [-0.1, -0.05) is 13.8 Å². The van der Waals surface area contributed by atoms with Gasteiger partial charge in [0.2, 0.25) is 0 Å². The molecular formula is C24H40O4. The Morgan fingerprint density at radius 1 is 0.929 bits per heavy atom. The van der Waals surface area contributed by atoms with Crippen molar-refractivity contribution in [1.82, 2.24) is 0 Å². The third kappa shape index (κ3) is 2.27. The van der Waals surface area contributed by atoms with Crippen LogP contribution in [0.25, 0.3) is 0 Å². The van der Waals surface area contributed by atoms with Gasteiger partial charge in [-0.3, -0.25) is 0 Å². The zero-order chi connectivity index (χ0) is 19.9. The van der Waals surface area contributed by atoms with E-state index in [1.54, 1.807) is 0 Å². The second kappa shape index (κ2) is 6.18. The molecule has 0 aromatic rings. The van der Waals surface area contributed by atoms with Crippen molar-refractivity contribution in [3.05, 3.63) is 0 Å². The maximum absolute atomic E-state index is 12.0. The SMILES string of the molecule is C[C@@]12CC[C@H]3C4C[C@H](CC[C@H](C[C@@]1(O)CCCO)C42)[C@]1(O)C[C@@H](O)CC[C@]31C. The van der Waals surface area contributed by atoms with Crippen molar-refractivity contribution in [2.75, 3.05) is 6.61 Å². The lowest BCUT2D eigenvalue weighted by molar-refractivity contribution is -0.250. The van der Waals surface area contributed by atoms with Gasteiger partial charge in [-0.15, -0.1) is 0 Å². The van der Waals surface area contributed by atoms with Crippen molar-refractivity contribution < 1.29 is 20.4 Å². The molecule has 10 atom stereocenters. The van der Waals surface area contributed by atoms with Gasteiger partial charge in [-0.25, -0.2) is 0 Å². The van der Waals surface area contributed by atoms with E-state index in [-0.39, 0.29) is 23.5 Å². The smallest absolute Gasteiger partial charge is 0.0756 e. The van der Waals surface area contributed by atoms with Gasteiger partial charge >= 0.3 is 0 Å². The molecule has 5 aliphatic rings. The van der Waals surface area contributed by atoms with E-state index < -0.39 is 11.2 Å². The predicted octanol–water partition coefficient (Wildman–Crippen LogP) is 3.25. The number of rotatable bonds is 3. The monoisotopic (exact) mass is 392 g/mol. The topological polar surface area (TPSA) is 80.9 Å². The normalized spacial score (nSPS) is 60.2. The summed E-state index contributed by atoms with van der Waals surface area (Å²) in [6, 6.07) is 0. The Labute approximate surface area is 169 Å². The summed E-state index contributed by atoms with van der Waals surface area (Å²) in [6.07, 6.45) is 9.60. The molecule has 0 saturated heterocycles. The first-order chi connectivity index (χ1) is 13.2. The molecule has 0 aromatic heterocycles. The van der Waals surface area contributed by atoms with Gasteiger partial charge in [0.25, 0.3) is 0 Å². The van der Waals surface area contributed by atoms with Crippen molar-refractivity contribution in [3.63, 3.8) is 0 Å². The predicted molar refractivity (Wildman–Crippen MR) is 107 cm³/mol. The van der Waals surface area contributed by atoms with Gasteiger partial charge in [0.1, 0.15) is 0 Å². The molecule has 0 spiro atoms. The van der Waals surface area contributed by atoms with E-state index in [2.05, 4.69) is 13.8 Å². The Morgan fingerprint density at radius 2 is 1.68 bits per heavy atom. The molecule has 4 N–H and O–H groups in total. The van der Waals surface area contributed by atoms with Crippen LogP contribution in [0.15, 0.2) is 0 Å². The molecule has 0 amide bonds. The van der Waals surface area contributed by atoms with E-state index in [9.17, 15) is 20.4 Å². The van der Waals surface area contributed by atoms with Crippen LogP contribution in [-0.2, 0) is 0 Å². The largest absolute Gasteiger partial charge is 0.396 e. The maximum Gasteiger partial charge on any atom is 0.0756 e. The van der Waals surface area contributed by atoms with Crippen molar-refractivity contribution >= 4 is 0 Å². The van der Waals surface area contributed by atoms with E-state index in [0.29, 0.717) is 42.4 Å². The highest BCUT2D eigenvalue weighted by atomic mass is 16.3. The first kappa shape index (κ1) is 19.8. The molecule has 4 nitrogen and oxygen atoms in total. The van der Waals surface area contributed by atoms with Gasteiger partial charge in [-0.05, 0) is 105 Å². The lowest BCUT2D eigenvalue weighted by atomic mass is 9.41. The van der Waals surface area contributed by atoms with Crippen LogP contribution in [0, 0.1) is 40.4 Å². The molecular weight excluding hydrogens is 352 g/mol. The number of aliphatic hydroxyl groups excluding tert-OH is 2. The van der Waals surface area contributed by atoms with Crippen molar-refractivity contribution in [2.45, 2.75) is 102 Å². The first-order valence-corrected chi connectivity index (χ1v) is 11.9. The maximum atomic E-state index is 12.0.